The van der Waals surface area contributed by atoms with E-state index in [-0.39, 0.29) is 18.5 Å². The van der Waals surface area contributed by atoms with Crippen molar-refractivity contribution in [1.29, 1.82) is 0 Å². The summed E-state index contributed by atoms with van der Waals surface area (Å²) in [5.41, 5.74) is 0.616. The molecule has 0 saturated heterocycles. The first-order valence-corrected chi connectivity index (χ1v) is 7.64. The van der Waals surface area contributed by atoms with Crippen molar-refractivity contribution in [3.63, 3.8) is 0 Å². The summed E-state index contributed by atoms with van der Waals surface area (Å²) in [5, 5.41) is 13.0. The fraction of sp³-hybridized carbons (Fsp3) is 0.250. The van der Waals surface area contributed by atoms with E-state index < -0.39 is 0 Å². The molecular formula is C16H16ClN3O4. The fourth-order valence-electron chi connectivity index (χ4n) is 2.25. The molecule has 0 spiro atoms. The molecule has 0 bridgehead atoms. The van der Waals surface area contributed by atoms with Crippen LogP contribution in [0.3, 0.4) is 0 Å². The Bertz CT molecular complexity index is 824. The molecule has 7 nitrogen and oxygen atoms in total. The van der Waals surface area contributed by atoms with Gasteiger partial charge in [0.2, 0.25) is 5.28 Å². The minimum atomic E-state index is -0.0953. The predicted molar refractivity (Wildman–Crippen MR) is 89.7 cm³/mol. The molecule has 126 valence electrons. The maximum Gasteiger partial charge on any atom is 0.224 e. The van der Waals surface area contributed by atoms with E-state index in [1.165, 1.54) is 7.11 Å². The number of hydrogen-bond donors (Lipinski definition) is 2. The van der Waals surface area contributed by atoms with Crippen molar-refractivity contribution in [2.75, 3.05) is 25.6 Å². The van der Waals surface area contributed by atoms with E-state index >= 15 is 0 Å². The average molecular weight is 350 g/mol. The van der Waals surface area contributed by atoms with Gasteiger partial charge in [0, 0.05) is 11.5 Å². The Labute approximate surface area is 143 Å². The molecule has 0 aliphatic heterocycles. The van der Waals surface area contributed by atoms with E-state index in [1.807, 2.05) is 12.1 Å². The average Bonchev–Trinajstić information content (AvgIpc) is 3.10. The predicted octanol–water partition coefficient (Wildman–Crippen LogP) is 2.87. The first kappa shape index (κ1) is 16.4. The van der Waals surface area contributed by atoms with Crippen molar-refractivity contribution < 1.29 is 19.0 Å². The van der Waals surface area contributed by atoms with Gasteiger partial charge in [-0.25, -0.2) is 9.97 Å². The Kier molecular flexibility index (Phi) is 5.02. The van der Waals surface area contributed by atoms with E-state index in [0.717, 1.165) is 11.1 Å². The molecule has 3 aromatic rings. The van der Waals surface area contributed by atoms with Crippen LogP contribution in [0.4, 0.5) is 5.82 Å². The summed E-state index contributed by atoms with van der Waals surface area (Å²) in [6, 6.07) is 7.14. The molecule has 0 aliphatic rings. The fourth-order valence-corrected chi connectivity index (χ4v) is 2.43. The molecule has 0 atom stereocenters. The molecule has 3 rings (SSSR count). The number of ether oxygens (including phenoxy) is 2. The highest BCUT2D eigenvalue weighted by molar-refractivity contribution is 6.28. The van der Waals surface area contributed by atoms with Crippen molar-refractivity contribution in [3.05, 3.63) is 41.6 Å². The Balaban J connectivity index is 1.99. The van der Waals surface area contributed by atoms with E-state index in [2.05, 4.69) is 15.3 Å². The number of rotatable bonds is 7. The minimum absolute atomic E-state index is 0.0953. The summed E-state index contributed by atoms with van der Waals surface area (Å²) in [7, 11) is 1.53. The maximum atomic E-state index is 8.95. The van der Waals surface area contributed by atoms with Crippen LogP contribution in [0.5, 0.6) is 11.5 Å². The zero-order valence-electron chi connectivity index (χ0n) is 13.0. The summed E-state index contributed by atoms with van der Waals surface area (Å²) in [6.07, 6.45) is 1.60. The number of nitrogens with zero attached hydrogens (tertiary/aromatic N) is 2. The second-order valence-corrected chi connectivity index (χ2v) is 5.20. The van der Waals surface area contributed by atoms with Gasteiger partial charge in [0.25, 0.3) is 0 Å². The number of halogens is 1. The molecule has 1 aromatic carbocycles. The summed E-state index contributed by atoms with van der Waals surface area (Å²) in [6.45, 7) is 0.516. The largest absolute Gasteiger partial charge is 0.493 e. The van der Waals surface area contributed by atoms with Crippen LogP contribution in [0.1, 0.15) is 5.76 Å². The second-order valence-electron chi connectivity index (χ2n) is 4.87. The van der Waals surface area contributed by atoms with Crippen LogP contribution in [0.25, 0.3) is 10.9 Å². The standard InChI is InChI=1S/C16H16ClN3O4/c1-22-13-8-12-11(7-14(13)24-6-4-21)15(20-16(17)19-12)18-9-10-3-2-5-23-10/h2-3,5,7-8,21H,4,6,9H2,1H3,(H,18,19,20). The molecule has 8 heteroatoms. The third-order valence-corrected chi connectivity index (χ3v) is 3.48. The van der Waals surface area contributed by atoms with Crippen LogP contribution in [0.15, 0.2) is 34.9 Å². The first-order chi connectivity index (χ1) is 11.7. The van der Waals surface area contributed by atoms with Crippen molar-refractivity contribution in [2.24, 2.45) is 0 Å². The van der Waals surface area contributed by atoms with Gasteiger partial charge >= 0.3 is 0 Å². The van der Waals surface area contributed by atoms with Gasteiger partial charge < -0.3 is 24.3 Å². The normalized spacial score (nSPS) is 10.8. The lowest BCUT2D eigenvalue weighted by Gasteiger charge is -2.13. The Morgan fingerprint density at radius 3 is 2.88 bits per heavy atom. The molecule has 2 aromatic heterocycles. The zero-order valence-corrected chi connectivity index (χ0v) is 13.7. The summed E-state index contributed by atoms with van der Waals surface area (Å²) < 4.78 is 16.1. The lowest BCUT2D eigenvalue weighted by atomic mass is 10.2. The maximum absolute atomic E-state index is 8.95. The number of anilines is 1. The van der Waals surface area contributed by atoms with E-state index in [9.17, 15) is 0 Å². The molecule has 0 saturated carbocycles. The quantitative estimate of drug-likeness (QED) is 0.634. The number of furan rings is 1. The van der Waals surface area contributed by atoms with Crippen molar-refractivity contribution in [2.45, 2.75) is 6.54 Å². The number of aliphatic hydroxyl groups excluding tert-OH is 1. The van der Waals surface area contributed by atoms with E-state index in [1.54, 1.807) is 18.4 Å². The molecule has 0 unspecified atom stereocenters. The van der Waals surface area contributed by atoms with Crippen LogP contribution in [0.2, 0.25) is 5.28 Å². The van der Waals surface area contributed by atoms with Crippen LogP contribution in [-0.2, 0) is 6.54 Å². The monoisotopic (exact) mass is 349 g/mol. The zero-order chi connectivity index (χ0) is 16.9. The van der Waals surface area contributed by atoms with Gasteiger partial charge in [-0.2, -0.15) is 0 Å². The van der Waals surface area contributed by atoms with Crippen LogP contribution in [0, 0.1) is 0 Å². The number of aliphatic hydroxyl groups is 1. The summed E-state index contributed by atoms with van der Waals surface area (Å²) in [4.78, 5) is 8.45. The molecule has 2 heterocycles. The van der Waals surface area contributed by atoms with Crippen molar-refractivity contribution >= 4 is 28.3 Å². The third-order valence-electron chi connectivity index (χ3n) is 3.31. The Morgan fingerprint density at radius 2 is 2.17 bits per heavy atom. The third kappa shape index (κ3) is 3.52. The number of methoxy groups -OCH3 is 1. The number of hydrogen-bond acceptors (Lipinski definition) is 7. The van der Waals surface area contributed by atoms with Gasteiger partial charge in [-0.1, -0.05) is 0 Å². The Morgan fingerprint density at radius 1 is 1.29 bits per heavy atom. The van der Waals surface area contributed by atoms with Gasteiger partial charge in [-0.3, -0.25) is 0 Å². The molecule has 0 fully saturated rings. The molecule has 0 aliphatic carbocycles. The van der Waals surface area contributed by atoms with Crippen LogP contribution in [-0.4, -0.2) is 35.4 Å². The van der Waals surface area contributed by atoms with Gasteiger partial charge in [-0.15, -0.1) is 0 Å². The van der Waals surface area contributed by atoms with E-state index in [0.29, 0.717) is 29.4 Å². The highest BCUT2D eigenvalue weighted by atomic mass is 35.5. The minimum Gasteiger partial charge on any atom is -0.493 e. The number of aromatic nitrogens is 2. The second kappa shape index (κ2) is 7.37. The summed E-state index contributed by atoms with van der Waals surface area (Å²) >= 11 is 6.01. The molecular weight excluding hydrogens is 334 g/mol. The van der Waals surface area contributed by atoms with E-state index in [4.69, 9.17) is 30.6 Å². The summed E-state index contributed by atoms with van der Waals surface area (Å²) in [5.74, 6) is 2.31. The smallest absolute Gasteiger partial charge is 0.224 e. The molecule has 24 heavy (non-hydrogen) atoms. The van der Waals surface area contributed by atoms with Gasteiger partial charge in [0.05, 0.1) is 32.0 Å². The van der Waals surface area contributed by atoms with Crippen molar-refractivity contribution in [1.82, 2.24) is 9.97 Å². The highest BCUT2D eigenvalue weighted by Gasteiger charge is 2.13. The number of fused-ring (bicyclic) bond motifs is 1. The molecule has 2 N–H and O–H groups in total. The number of benzene rings is 1. The Hall–Kier alpha value is -2.51. The highest BCUT2D eigenvalue weighted by Crippen LogP contribution is 2.34. The number of nitrogens with one attached hydrogen (secondary N) is 1. The topological polar surface area (TPSA) is 89.6 Å². The SMILES string of the molecule is COc1cc2nc(Cl)nc(NCc3ccco3)c2cc1OCCO. The van der Waals surface area contributed by atoms with Gasteiger partial charge in [0.1, 0.15) is 18.2 Å². The van der Waals surface area contributed by atoms with Crippen LogP contribution >= 0.6 is 11.6 Å². The van der Waals surface area contributed by atoms with Gasteiger partial charge in [-0.05, 0) is 29.8 Å². The molecule has 0 radical (unpaired) electrons. The molecule has 0 amide bonds. The van der Waals surface area contributed by atoms with Gasteiger partial charge in [0.15, 0.2) is 11.5 Å². The van der Waals surface area contributed by atoms with Crippen molar-refractivity contribution in [3.8, 4) is 11.5 Å². The lowest BCUT2D eigenvalue weighted by molar-refractivity contribution is 0.196. The lowest BCUT2D eigenvalue weighted by Crippen LogP contribution is -2.05. The first-order valence-electron chi connectivity index (χ1n) is 7.26. The van der Waals surface area contributed by atoms with Crippen LogP contribution < -0.4 is 14.8 Å².